The second-order valence-electron chi connectivity index (χ2n) is 5.13. The number of likely N-dealkylation sites (N-methyl/N-ethyl adjacent to an activating group) is 1. The number of rotatable bonds is 10. The summed E-state index contributed by atoms with van der Waals surface area (Å²) < 4.78 is 34.3. The van der Waals surface area contributed by atoms with Crippen LogP contribution in [0.15, 0.2) is 29.3 Å². The van der Waals surface area contributed by atoms with Gasteiger partial charge < -0.3 is 25.0 Å². The summed E-state index contributed by atoms with van der Waals surface area (Å²) in [5.74, 6) is 0.761. The van der Waals surface area contributed by atoms with Crippen LogP contribution in [0.2, 0.25) is 0 Å². The van der Waals surface area contributed by atoms with Crippen molar-refractivity contribution in [3.8, 4) is 5.75 Å². The van der Waals surface area contributed by atoms with Crippen molar-refractivity contribution in [3.63, 3.8) is 0 Å². The van der Waals surface area contributed by atoms with E-state index in [0.717, 1.165) is 13.1 Å². The molecule has 0 saturated heterocycles. The molecule has 0 fully saturated rings. The summed E-state index contributed by atoms with van der Waals surface area (Å²) in [6.45, 7) is 0.561. The molecule has 0 aliphatic heterocycles. The van der Waals surface area contributed by atoms with Gasteiger partial charge in [0.2, 0.25) is 0 Å². The molecule has 0 aliphatic carbocycles. The number of nitrogens with one attached hydrogen (secondary N) is 2. The Balaban J connectivity index is 2.42. The largest absolute Gasteiger partial charge is 0.434 e. The number of aliphatic imine (C=N–C) groups is 1. The molecule has 0 saturated carbocycles. The number of halogens is 2. The Morgan fingerprint density at radius 2 is 2.00 bits per heavy atom. The molecular weight excluding hydrogens is 318 g/mol. The monoisotopic (exact) mass is 344 g/mol. The summed E-state index contributed by atoms with van der Waals surface area (Å²) in [5.41, 5.74) is 0.637. The highest BCUT2D eigenvalue weighted by Crippen LogP contribution is 2.19. The third kappa shape index (κ3) is 8.07. The molecule has 1 aromatic rings. The third-order valence-electron chi connectivity index (χ3n) is 3.32. The molecule has 1 rings (SSSR count). The van der Waals surface area contributed by atoms with Crippen molar-refractivity contribution in [1.82, 2.24) is 15.5 Å². The standard InChI is InChI=1S/C16H26F2N4O2/c1-19-16(20-8-9-22(2)10-11-23-3)21-12-13-6-4-5-7-14(13)24-15(17)18/h4-7,15H,8-12H2,1-3H3,(H2,19,20,21). The number of methoxy groups -OCH3 is 1. The second kappa shape index (κ2) is 11.6. The Morgan fingerprint density at radius 1 is 1.25 bits per heavy atom. The fraction of sp³-hybridized carbons (Fsp3) is 0.562. The average molecular weight is 344 g/mol. The number of guanidine groups is 1. The van der Waals surface area contributed by atoms with Crippen LogP contribution < -0.4 is 15.4 Å². The van der Waals surface area contributed by atoms with E-state index >= 15 is 0 Å². The summed E-state index contributed by atoms with van der Waals surface area (Å²) in [6, 6.07) is 6.68. The van der Waals surface area contributed by atoms with Crippen molar-refractivity contribution >= 4 is 5.96 Å². The predicted octanol–water partition coefficient (Wildman–Crippen LogP) is 1.53. The van der Waals surface area contributed by atoms with Gasteiger partial charge in [-0.3, -0.25) is 4.99 Å². The Labute approximate surface area is 141 Å². The smallest absolute Gasteiger partial charge is 0.387 e. The van der Waals surface area contributed by atoms with Crippen LogP contribution in [0.3, 0.4) is 0 Å². The van der Waals surface area contributed by atoms with Gasteiger partial charge in [-0.1, -0.05) is 18.2 Å². The molecule has 0 heterocycles. The SMILES string of the molecule is CN=C(NCCN(C)CCOC)NCc1ccccc1OC(F)F. The molecular formula is C16H26F2N4O2. The zero-order valence-electron chi connectivity index (χ0n) is 14.4. The molecule has 1 aromatic carbocycles. The zero-order valence-corrected chi connectivity index (χ0v) is 14.4. The van der Waals surface area contributed by atoms with Crippen LogP contribution in [0.1, 0.15) is 5.56 Å². The maximum Gasteiger partial charge on any atom is 0.387 e. The van der Waals surface area contributed by atoms with Gasteiger partial charge >= 0.3 is 6.61 Å². The minimum absolute atomic E-state index is 0.162. The molecule has 0 aromatic heterocycles. The Morgan fingerprint density at radius 3 is 2.67 bits per heavy atom. The van der Waals surface area contributed by atoms with Crippen LogP contribution >= 0.6 is 0 Å². The van der Waals surface area contributed by atoms with Gasteiger partial charge in [-0.25, -0.2) is 0 Å². The normalized spacial score (nSPS) is 11.9. The van der Waals surface area contributed by atoms with Crippen LogP contribution in [0.25, 0.3) is 0 Å². The zero-order chi connectivity index (χ0) is 17.8. The van der Waals surface area contributed by atoms with E-state index in [9.17, 15) is 8.78 Å². The Bertz CT molecular complexity index is 501. The van der Waals surface area contributed by atoms with Crippen LogP contribution in [0, 0.1) is 0 Å². The van der Waals surface area contributed by atoms with Gasteiger partial charge in [0, 0.05) is 45.9 Å². The van der Waals surface area contributed by atoms with Gasteiger partial charge in [0.15, 0.2) is 5.96 Å². The van der Waals surface area contributed by atoms with Gasteiger partial charge in [0.25, 0.3) is 0 Å². The molecule has 0 radical (unpaired) electrons. The summed E-state index contributed by atoms with van der Waals surface area (Å²) in [4.78, 5) is 6.25. The van der Waals surface area contributed by atoms with Gasteiger partial charge in [-0.15, -0.1) is 0 Å². The topological polar surface area (TPSA) is 58.1 Å². The lowest BCUT2D eigenvalue weighted by Crippen LogP contribution is -2.41. The summed E-state index contributed by atoms with van der Waals surface area (Å²) in [5, 5.41) is 6.26. The number of hydrogen-bond acceptors (Lipinski definition) is 4. The van der Waals surface area contributed by atoms with Gasteiger partial charge in [-0.05, 0) is 13.1 Å². The molecule has 0 unspecified atom stereocenters. The molecule has 2 N–H and O–H groups in total. The van der Waals surface area contributed by atoms with Crippen LogP contribution in [0.5, 0.6) is 5.75 Å². The van der Waals surface area contributed by atoms with Crippen LogP contribution in [0.4, 0.5) is 8.78 Å². The van der Waals surface area contributed by atoms with Crippen molar-refractivity contribution in [3.05, 3.63) is 29.8 Å². The fourth-order valence-corrected chi connectivity index (χ4v) is 1.98. The molecule has 0 spiro atoms. The van der Waals surface area contributed by atoms with E-state index in [-0.39, 0.29) is 5.75 Å². The van der Waals surface area contributed by atoms with Crippen molar-refractivity contribution in [2.24, 2.45) is 4.99 Å². The van der Waals surface area contributed by atoms with E-state index < -0.39 is 6.61 Å². The average Bonchev–Trinajstić information content (AvgIpc) is 2.56. The van der Waals surface area contributed by atoms with E-state index in [4.69, 9.17) is 4.74 Å². The van der Waals surface area contributed by atoms with E-state index in [1.165, 1.54) is 6.07 Å². The van der Waals surface area contributed by atoms with Crippen LogP contribution in [-0.4, -0.2) is 64.9 Å². The van der Waals surface area contributed by atoms with Crippen molar-refractivity contribution in [2.45, 2.75) is 13.2 Å². The van der Waals surface area contributed by atoms with E-state index in [1.54, 1.807) is 32.4 Å². The Kier molecular flexibility index (Phi) is 9.71. The summed E-state index contributed by atoms with van der Waals surface area (Å²) in [6.07, 6.45) is 0. The first-order chi connectivity index (χ1) is 11.6. The molecule has 24 heavy (non-hydrogen) atoms. The molecule has 0 amide bonds. The van der Waals surface area contributed by atoms with Crippen molar-refractivity contribution in [2.75, 3.05) is 47.4 Å². The first-order valence-corrected chi connectivity index (χ1v) is 7.71. The number of ether oxygens (including phenoxy) is 2. The molecule has 136 valence electrons. The van der Waals surface area contributed by atoms with Gasteiger partial charge in [0.1, 0.15) is 5.75 Å². The number of benzene rings is 1. The lowest BCUT2D eigenvalue weighted by Gasteiger charge is -2.18. The minimum atomic E-state index is -2.84. The highest BCUT2D eigenvalue weighted by Gasteiger charge is 2.09. The quantitative estimate of drug-likeness (QED) is 0.498. The fourth-order valence-electron chi connectivity index (χ4n) is 1.98. The van der Waals surface area contributed by atoms with Crippen molar-refractivity contribution < 1.29 is 18.3 Å². The highest BCUT2D eigenvalue weighted by molar-refractivity contribution is 5.79. The first-order valence-electron chi connectivity index (χ1n) is 7.71. The molecule has 0 atom stereocenters. The number of hydrogen-bond donors (Lipinski definition) is 2. The first kappa shape index (κ1) is 20.1. The Hall–Kier alpha value is -1.93. The van der Waals surface area contributed by atoms with Crippen LogP contribution in [-0.2, 0) is 11.3 Å². The van der Waals surface area contributed by atoms with E-state index in [2.05, 4.69) is 25.3 Å². The lowest BCUT2D eigenvalue weighted by atomic mass is 10.2. The minimum Gasteiger partial charge on any atom is -0.434 e. The third-order valence-corrected chi connectivity index (χ3v) is 3.32. The molecule has 0 aliphatic rings. The highest BCUT2D eigenvalue weighted by atomic mass is 19.3. The van der Waals surface area contributed by atoms with Crippen molar-refractivity contribution in [1.29, 1.82) is 0 Å². The van der Waals surface area contributed by atoms with E-state index in [1.807, 2.05) is 7.05 Å². The molecule has 6 nitrogen and oxygen atoms in total. The molecule has 8 heteroatoms. The summed E-state index contributed by atoms with van der Waals surface area (Å²) >= 11 is 0. The predicted molar refractivity (Wildman–Crippen MR) is 90.6 cm³/mol. The number of nitrogens with zero attached hydrogens (tertiary/aromatic N) is 2. The molecule has 0 bridgehead atoms. The second-order valence-corrected chi connectivity index (χ2v) is 5.13. The maximum absolute atomic E-state index is 12.4. The van der Waals surface area contributed by atoms with Gasteiger partial charge in [0.05, 0.1) is 6.61 Å². The number of para-hydroxylation sites is 1. The maximum atomic E-state index is 12.4. The lowest BCUT2D eigenvalue weighted by molar-refractivity contribution is -0.0504. The number of alkyl halides is 2. The van der Waals surface area contributed by atoms with Gasteiger partial charge in [-0.2, -0.15) is 8.78 Å². The van der Waals surface area contributed by atoms with E-state index in [0.29, 0.717) is 31.2 Å². The summed E-state index contributed by atoms with van der Waals surface area (Å²) in [7, 11) is 5.34.